The van der Waals surface area contributed by atoms with Gasteiger partial charge in [0, 0.05) is 17.4 Å². The van der Waals surface area contributed by atoms with Gasteiger partial charge < -0.3 is 14.8 Å². The number of para-hydroxylation sites is 2. The number of carbonyl (C=O) groups is 1. The molecule has 6 nitrogen and oxygen atoms in total. The van der Waals surface area contributed by atoms with Crippen molar-refractivity contribution in [2.24, 2.45) is 0 Å². The van der Waals surface area contributed by atoms with Crippen LogP contribution in [0.4, 0.5) is 10.5 Å². The van der Waals surface area contributed by atoms with Crippen LogP contribution in [-0.4, -0.2) is 25.3 Å². The Bertz CT molecular complexity index is 1600. The standard InChI is InChI=1S/C31H29N5O/c1-21-11-9-13-24(19-21)29-28-17-10-18-34(28)30-26(23(3)33-36(30)25-14-5-4-6-15-25)20-35(29)31(37)32-27-16-8-7-12-22(27)2/h4-19,29H,20H2,1-3H3,(H,32,37). The molecule has 6 rings (SSSR count). The Morgan fingerprint density at radius 3 is 2.46 bits per heavy atom. The summed E-state index contributed by atoms with van der Waals surface area (Å²) in [6.07, 6.45) is 2.07. The number of anilines is 1. The first-order valence-electron chi connectivity index (χ1n) is 12.5. The van der Waals surface area contributed by atoms with Crippen molar-refractivity contribution in [1.29, 1.82) is 0 Å². The molecule has 1 aliphatic rings. The smallest absolute Gasteiger partial charge is 0.308 e. The molecule has 0 saturated heterocycles. The van der Waals surface area contributed by atoms with Gasteiger partial charge in [-0.15, -0.1) is 0 Å². The van der Waals surface area contributed by atoms with Crippen LogP contribution in [0.25, 0.3) is 11.5 Å². The van der Waals surface area contributed by atoms with E-state index in [9.17, 15) is 4.79 Å². The van der Waals surface area contributed by atoms with E-state index in [1.54, 1.807) is 0 Å². The summed E-state index contributed by atoms with van der Waals surface area (Å²) in [5.41, 5.74) is 7.98. The lowest BCUT2D eigenvalue weighted by molar-refractivity contribution is 0.194. The first kappa shape index (κ1) is 22.9. The molecule has 1 unspecified atom stereocenters. The van der Waals surface area contributed by atoms with Gasteiger partial charge in [0.05, 0.1) is 29.7 Å². The fourth-order valence-corrected chi connectivity index (χ4v) is 5.24. The summed E-state index contributed by atoms with van der Waals surface area (Å²) in [7, 11) is 0. The minimum Gasteiger partial charge on any atom is -0.308 e. The van der Waals surface area contributed by atoms with Crippen molar-refractivity contribution in [3.8, 4) is 11.5 Å². The van der Waals surface area contributed by atoms with E-state index >= 15 is 0 Å². The molecule has 6 heteroatoms. The second-order valence-corrected chi connectivity index (χ2v) is 9.63. The zero-order chi connectivity index (χ0) is 25.5. The molecule has 1 atom stereocenters. The Kier molecular flexibility index (Phi) is 5.64. The minimum absolute atomic E-state index is 0.145. The van der Waals surface area contributed by atoms with Gasteiger partial charge in [0.2, 0.25) is 0 Å². The molecule has 0 radical (unpaired) electrons. The molecule has 37 heavy (non-hydrogen) atoms. The number of carbonyl (C=O) groups excluding carboxylic acids is 1. The van der Waals surface area contributed by atoms with Gasteiger partial charge in [0.1, 0.15) is 5.82 Å². The second kappa shape index (κ2) is 9.13. The fourth-order valence-electron chi connectivity index (χ4n) is 5.24. The molecular weight excluding hydrogens is 458 g/mol. The van der Waals surface area contributed by atoms with Crippen molar-refractivity contribution in [1.82, 2.24) is 19.2 Å². The molecular formula is C31H29N5O. The van der Waals surface area contributed by atoms with Crippen molar-refractivity contribution in [3.63, 3.8) is 0 Å². The van der Waals surface area contributed by atoms with E-state index in [0.29, 0.717) is 6.54 Å². The van der Waals surface area contributed by atoms with E-state index in [1.165, 1.54) is 0 Å². The number of rotatable bonds is 3. The van der Waals surface area contributed by atoms with Crippen LogP contribution in [0, 0.1) is 20.8 Å². The van der Waals surface area contributed by atoms with E-state index in [-0.39, 0.29) is 12.1 Å². The Hall–Kier alpha value is -4.58. The molecule has 2 amide bonds. The zero-order valence-corrected chi connectivity index (χ0v) is 21.2. The molecule has 3 heterocycles. The number of urea groups is 1. The van der Waals surface area contributed by atoms with Gasteiger partial charge in [-0.2, -0.15) is 5.10 Å². The number of benzene rings is 3. The van der Waals surface area contributed by atoms with Crippen molar-refractivity contribution in [3.05, 3.63) is 131 Å². The van der Waals surface area contributed by atoms with Crippen LogP contribution in [0.2, 0.25) is 0 Å². The largest absolute Gasteiger partial charge is 0.322 e. The van der Waals surface area contributed by atoms with Crippen molar-refractivity contribution in [2.75, 3.05) is 5.32 Å². The average molecular weight is 488 g/mol. The molecule has 3 aromatic carbocycles. The van der Waals surface area contributed by atoms with Crippen LogP contribution in [0.15, 0.2) is 97.2 Å². The van der Waals surface area contributed by atoms with Gasteiger partial charge in [-0.05, 0) is 62.2 Å². The molecule has 2 aromatic heterocycles. The predicted molar refractivity (Wildman–Crippen MR) is 146 cm³/mol. The highest BCUT2D eigenvalue weighted by molar-refractivity contribution is 5.91. The number of hydrogen-bond donors (Lipinski definition) is 1. The maximum Gasteiger partial charge on any atom is 0.322 e. The molecule has 0 fully saturated rings. The third-order valence-electron chi connectivity index (χ3n) is 7.09. The molecule has 184 valence electrons. The molecule has 0 bridgehead atoms. The van der Waals surface area contributed by atoms with Gasteiger partial charge in [0.25, 0.3) is 0 Å². The van der Waals surface area contributed by atoms with Crippen molar-refractivity contribution < 1.29 is 4.79 Å². The summed E-state index contributed by atoms with van der Waals surface area (Å²) in [6.45, 7) is 6.54. The maximum atomic E-state index is 14.0. The summed E-state index contributed by atoms with van der Waals surface area (Å²) >= 11 is 0. The quantitative estimate of drug-likeness (QED) is 0.307. The molecule has 0 spiro atoms. The van der Waals surface area contributed by atoms with E-state index in [2.05, 4.69) is 65.5 Å². The highest BCUT2D eigenvalue weighted by Crippen LogP contribution is 2.39. The first-order valence-corrected chi connectivity index (χ1v) is 12.5. The van der Waals surface area contributed by atoms with Crippen molar-refractivity contribution in [2.45, 2.75) is 33.4 Å². The van der Waals surface area contributed by atoms with Crippen LogP contribution in [0.1, 0.15) is 39.7 Å². The first-order chi connectivity index (χ1) is 18.0. The summed E-state index contributed by atoms with van der Waals surface area (Å²) in [5.74, 6) is 0.965. The summed E-state index contributed by atoms with van der Waals surface area (Å²) in [5, 5.41) is 8.11. The number of amides is 2. The van der Waals surface area contributed by atoms with Crippen molar-refractivity contribution >= 4 is 11.7 Å². The van der Waals surface area contributed by atoms with Crippen LogP contribution in [-0.2, 0) is 6.54 Å². The maximum absolute atomic E-state index is 14.0. The minimum atomic E-state index is -0.282. The Morgan fingerprint density at radius 2 is 1.68 bits per heavy atom. The summed E-state index contributed by atoms with van der Waals surface area (Å²) in [6, 6.07) is 30.2. The highest BCUT2D eigenvalue weighted by Gasteiger charge is 2.36. The van der Waals surface area contributed by atoms with E-state index in [4.69, 9.17) is 5.10 Å². The highest BCUT2D eigenvalue weighted by atomic mass is 16.2. The SMILES string of the molecule is Cc1cccc(C2c3cccn3-c3c(c(C)nn3-c3ccccc3)CN2C(=O)Nc2ccccc2C)c1. The molecule has 0 aliphatic carbocycles. The van der Waals surface area contributed by atoms with Gasteiger partial charge >= 0.3 is 6.03 Å². The van der Waals surface area contributed by atoms with Gasteiger partial charge in [-0.25, -0.2) is 9.48 Å². The molecule has 0 saturated carbocycles. The summed E-state index contributed by atoms with van der Waals surface area (Å²) < 4.78 is 4.18. The number of nitrogens with zero attached hydrogens (tertiary/aromatic N) is 4. The number of aryl methyl sites for hydroxylation is 3. The number of aromatic nitrogens is 3. The van der Waals surface area contributed by atoms with E-state index in [1.807, 2.05) is 72.0 Å². The normalized spacial score (nSPS) is 14.6. The molecule has 1 aliphatic heterocycles. The Morgan fingerprint density at radius 1 is 0.892 bits per heavy atom. The predicted octanol–water partition coefficient (Wildman–Crippen LogP) is 6.73. The number of nitrogens with one attached hydrogen (secondary N) is 1. The second-order valence-electron chi connectivity index (χ2n) is 9.63. The Labute approximate surface area is 216 Å². The number of hydrogen-bond acceptors (Lipinski definition) is 2. The van der Waals surface area contributed by atoms with Crippen LogP contribution in [0.3, 0.4) is 0 Å². The molecule has 1 N–H and O–H groups in total. The topological polar surface area (TPSA) is 55.1 Å². The summed E-state index contributed by atoms with van der Waals surface area (Å²) in [4.78, 5) is 16.0. The van der Waals surface area contributed by atoms with Gasteiger partial charge in [-0.1, -0.05) is 66.2 Å². The molecule has 5 aromatic rings. The van der Waals surface area contributed by atoms with Crippen LogP contribution >= 0.6 is 0 Å². The van der Waals surface area contributed by atoms with Crippen LogP contribution in [0.5, 0.6) is 0 Å². The van der Waals surface area contributed by atoms with E-state index in [0.717, 1.165) is 50.8 Å². The lowest BCUT2D eigenvalue weighted by Crippen LogP contribution is -2.38. The number of fused-ring (bicyclic) bond motifs is 3. The zero-order valence-electron chi connectivity index (χ0n) is 21.2. The lowest BCUT2D eigenvalue weighted by Gasteiger charge is -2.31. The third-order valence-corrected chi connectivity index (χ3v) is 7.09. The van der Waals surface area contributed by atoms with Gasteiger partial charge in [-0.3, -0.25) is 0 Å². The average Bonchev–Trinajstić information content (AvgIpc) is 3.46. The van der Waals surface area contributed by atoms with Gasteiger partial charge in [0.15, 0.2) is 0 Å². The van der Waals surface area contributed by atoms with Crippen LogP contribution < -0.4 is 5.32 Å². The lowest BCUT2D eigenvalue weighted by atomic mass is 10.00. The Balaban J connectivity index is 1.55. The monoisotopic (exact) mass is 487 g/mol. The van der Waals surface area contributed by atoms with E-state index < -0.39 is 0 Å². The third kappa shape index (κ3) is 4.00. The fraction of sp³-hybridized carbons (Fsp3) is 0.161.